The lowest BCUT2D eigenvalue weighted by atomic mass is 9.92. The van der Waals surface area contributed by atoms with Crippen molar-refractivity contribution in [3.63, 3.8) is 0 Å². The quantitative estimate of drug-likeness (QED) is 0.292. The summed E-state index contributed by atoms with van der Waals surface area (Å²) in [4.78, 5) is 31.1. The third-order valence-electron chi connectivity index (χ3n) is 7.57. The Kier molecular flexibility index (Phi) is 7.98. The number of aromatic nitrogens is 1. The zero-order chi connectivity index (χ0) is 27.4. The highest BCUT2D eigenvalue weighted by Gasteiger charge is 2.20. The molecule has 6 nitrogen and oxygen atoms in total. The first-order valence-corrected chi connectivity index (χ1v) is 13.4. The van der Waals surface area contributed by atoms with Crippen LogP contribution in [0.2, 0.25) is 0 Å². The number of nitrogens with zero attached hydrogens (tertiary/aromatic N) is 2. The average molecular weight is 525 g/mol. The molecule has 0 radical (unpaired) electrons. The van der Waals surface area contributed by atoms with Crippen molar-refractivity contribution in [3.8, 4) is 11.1 Å². The Balaban J connectivity index is 1.21. The number of benzene rings is 3. The summed E-state index contributed by atoms with van der Waals surface area (Å²) in [6.45, 7) is 4.85. The highest BCUT2D eigenvalue weighted by atomic mass is 19.1. The maximum Gasteiger partial charge on any atom is 0.255 e. The van der Waals surface area contributed by atoms with E-state index >= 15 is 0 Å². The minimum absolute atomic E-state index is 0.195. The molecule has 39 heavy (non-hydrogen) atoms. The number of anilines is 1. The molecule has 1 saturated heterocycles. The van der Waals surface area contributed by atoms with Crippen molar-refractivity contribution in [1.82, 2.24) is 9.88 Å². The second kappa shape index (κ2) is 11.7. The van der Waals surface area contributed by atoms with Crippen molar-refractivity contribution in [2.75, 3.05) is 18.4 Å². The third-order valence-corrected chi connectivity index (χ3v) is 7.57. The van der Waals surface area contributed by atoms with Gasteiger partial charge >= 0.3 is 0 Å². The van der Waals surface area contributed by atoms with Crippen LogP contribution < -0.4 is 11.1 Å². The second-order valence-electron chi connectivity index (χ2n) is 10.5. The number of primary amides is 1. The molecule has 0 atom stereocenters. The molecule has 1 fully saturated rings. The topological polar surface area (TPSA) is 88.3 Å². The van der Waals surface area contributed by atoms with Gasteiger partial charge < -0.3 is 11.1 Å². The Bertz CT molecular complexity index is 1480. The van der Waals surface area contributed by atoms with E-state index in [1.165, 1.54) is 12.1 Å². The Labute approximate surface area is 228 Å². The van der Waals surface area contributed by atoms with Crippen LogP contribution in [0.5, 0.6) is 0 Å². The molecule has 0 unspecified atom stereocenters. The van der Waals surface area contributed by atoms with E-state index in [9.17, 15) is 14.0 Å². The van der Waals surface area contributed by atoms with Gasteiger partial charge in [0.05, 0.1) is 5.52 Å². The Morgan fingerprint density at radius 1 is 1.00 bits per heavy atom. The summed E-state index contributed by atoms with van der Waals surface area (Å²) in [5.74, 6) is -0.109. The van der Waals surface area contributed by atoms with Crippen LogP contribution in [0.15, 0.2) is 72.9 Å². The zero-order valence-electron chi connectivity index (χ0n) is 22.1. The number of rotatable bonds is 8. The van der Waals surface area contributed by atoms with Crippen molar-refractivity contribution in [2.24, 2.45) is 11.7 Å². The van der Waals surface area contributed by atoms with Crippen LogP contribution in [0, 0.1) is 18.7 Å². The molecule has 7 heteroatoms. The lowest BCUT2D eigenvalue weighted by molar-refractivity contribution is -0.118. The van der Waals surface area contributed by atoms with Gasteiger partial charge in [-0.05, 0) is 110 Å². The van der Waals surface area contributed by atoms with E-state index in [0.717, 1.165) is 77.7 Å². The number of likely N-dealkylation sites (tertiary alicyclic amines) is 1. The molecule has 200 valence electrons. The number of halogens is 1. The van der Waals surface area contributed by atoms with E-state index in [1.807, 2.05) is 31.3 Å². The van der Waals surface area contributed by atoms with E-state index in [2.05, 4.69) is 27.3 Å². The predicted octanol–water partition coefficient (Wildman–Crippen LogP) is 6.08. The second-order valence-corrected chi connectivity index (χ2v) is 10.5. The highest BCUT2D eigenvalue weighted by molar-refractivity contribution is 6.05. The maximum atomic E-state index is 13.2. The molecule has 2 heterocycles. The predicted molar refractivity (Wildman–Crippen MR) is 153 cm³/mol. The number of piperidine rings is 1. The minimum Gasteiger partial charge on any atom is -0.370 e. The van der Waals surface area contributed by atoms with Crippen molar-refractivity contribution >= 4 is 28.4 Å². The number of carbonyl (C=O) groups excluding carboxylic acids is 2. The van der Waals surface area contributed by atoms with Gasteiger partial charge in [0.1, 0.15) is 5.82 Å². The lowest BCUT2D eigenvalue weighted by Gasteiger charge is -2.31. The van der Waals surface area contributed by atoms with Crippen LogP contribution >= 0.6 is 0 Å². The smallest absolute Gasteiger partial charge is 0.255 e. The first-order chi connectivity index (χ1) is 18.8. The van der Waals surface area contributed by atoms with Crippen LogP contribution in [0.25, 0.3) is 22.0 Å². The fourth-order valence-corrected chi connectivity index (χ4v) is 5.25. The molecule has 1 aromatic heterocycles. The molecule has 3 N–H and O–H groups in total. The number of pyridine rings is 1. The molecular formula is C32H33FN4O2. The molecular weight excluding hydrogens is 491 g/mol. The maximum absolute atomic E-state index is 13.2. The van der Waals surface area contributed by atoms with Crippen LogP contribution in [-0.4, -0.2) is 34.8 Å². The summed E-state index contributed by atoms with van der Waals surface area (Å²) in [7, 11) is 0. The van der Waals surface area contributed by atoms with Gasteiger partial charge in [-0.15, -0.1) is 0 Å². The van der Waals surface area contributed by atoms with E-state index < -0.39 is 0 Å². The van der Waals surface area contributed by atoms with Crippen LogP contribution in [0.4, 0.5) is 10.1 Å². The van der Waals surface area contributed by atoms with E-state index in [1.54, 1.807) is 24.3 Å². The lowest BCUT2D eigenvalue weighted by Crippen LogP contribution is -2.33. The Morgan fingerprint density at radius 2 is 1.67 bits per heavy atom. The molecule has 2 amide bonds. The Morgan fingerprint density at radius 3 is 2.33 bits per heavy atom. The number of nitrogens with one attached hydrogen (secondary N) is 1. The molecule has 0 bridgehead atoms. The first kappa shape index (κ1) is 26.5. The number of aryl methyl sites for hydroxylation is 1. The Hall–Kier alpha value is -4.10. The van der Waals surface area contributed by atoms with Gasteiger partial charge in [0.25, 0.3) is 5.91 Å². The molecule has 1 aliphatic heterocycles. The highest BCUT2D eigenvalue weighted by Crippen LogP contribution is 2.27. The number of hydrogen-bond acceptors (Lipinski definition) is 4. The average Bonchev–Trinajstić information content (AvgIpc) is 2.93. The number of fused-ring (bicyclic) bond motifs is 1. The minimum atomic E-state index is -0.277. The van der Waals surface area contributed by atoms with Gasteiger partial charge in [-0.25, -0.2) is 4.39 Å². The van der Waals surface area contributed by atoms with Crippen LogP contribution in [-0.2, 0) is 11.3 Å². The van der Waals surface area contributed by atoms with E-state index in [0.29, 0.717) is 17.9 Å². The van der Waals surface area contributed by atoms with Crippen LogP contribution in [0.3, 0.4) is 0 Å². The van der Waals surface area contributed by atoms with Crippen molar-refractivity contribution in [1.29, 1.82) is 0 Å². The van der Waals surface area contributed by atoms with Crippen molar-refractivity contribution in [2.45, 2.75) is 39.2 Å². The summed E-state index contributed by atoms with van der Waals surface area (Å²) < 4.78 is 13.2. The van der Waals surface area contributed by atoms with E-state index in [4.69, 9.17) is 5.73 Å². The fraction of sp³-hybridized carbons (Fsp3) is 0.281. The normalized spacial score (nSPS) is 14.4. The van der Waals surface area contributed by atoms with Crippen molar-refractivity contribution < 1.29 is 14.0 Å². The molecule has 4 aromatic rings. The largest absolute Gasteiger partial charge is 0.370 e. The van der Waals surface area contributed by atoms with Gasteiger partial charge in [-0.1, -0.05) is 24.3 Å². The fourth-order valence-electron chi connectivity index (χ4n) is 5.25. The first-order valence-electron chi connectivity index (χ1n) is 13.4. The number of amides is 2. The van der Waals surface area contributed by atoms with Crippen molar-refractivity contribution in [3.05, 3.63) is 95.4 Å². The van der Waals surface area contributed by atoms with Crippen LogP contribution in [0.1, 0.15) is 47.2 Å². The molecule has 3 aromatic carbocycles. The summed E-state index contributed by atoms with van der Waals surface area (Å²) in [6.07, 6.45) is 5.46. The monoisotopic (exact) mass is 524 g/mol. The molecule has 1 aliphatic rings. The van der Waals surface area contributed by atoms with Gasteiger partial charge in [0, 0.05) is 35.8 Å². The molecule has 0 saturated carbocycles. The summed E-state index contributed by atoms with van der Waals surface area (Å²) in [6, 6.07) is 19.7. The summed E-state index contributed by atoms with van der Waals surface area (Å²) in [5.41, 5.74) is 11.3. The standard InChI is InChI=1S/C32H33FN4O2/c1-21-16-27-17-23(20-37-14-12-22(13-15-37)2-11-31(34)38)19-35-30(27)18-29(21)36-32(39)26-5-3-24(4-6-26)25-7-9-28(33)10-8-25/h3-10,16-19,22H,2,11-15,20H2,1H3,(H2,34,38)(H,36,39). The number of carbonyl (C=O) groups is 2. The zero-order valence-corrected chi connectivity index (χ0v) is 22.1. The summed E-state index contributed by atoms with van der Waals surface area (Å²) >= 11 is 0. The van der Waals surface area contributed by atoms with Gasteiger partial charge in [-0.2, -0.15) is 0 Å². The molecule has 5 rings (SSSR count). The summed E-state index contributed by atoms with van der Waals surface area (Å²) in [5, 5.41) is 4.07. The van der Waals surface area contributed by atoms with Gasteiger partial charge in [0.15, 0.2) is 0 Å². The molecule has 0 aliphatic carbocycles. The third kappa shape index (κ3) is 6.67. The van der Waals surface area contributed by atoms with Gasteiger partial charge in [0.2, 0.25) is 5.91 Å². The number of hydrogen-bond donors (Lipinski definition) is 2. The molecule has 0 spiro atoms. The SMILES string of the molecule is Cc1cc2cc(CN3CCC(CCC(N)=O)CC3)cnc2cc1NC(=O)c1ccc(-c2ccc(F)cc2)cc1. The number of nitrogens with two attached hydrogens (primary N) is 1. The van der Waals surface area contributed by atoms with E-state index in [-0.39, 0.29) is 17.6 Å². The van der Waals surface area contributed by atoms with Gasteiger partial charge in [-0.3, -0.25) is 19.5 Å².